The lowest BCUT2D eigenvalue weighted by atomic mass is 9.97. The van der Waals surface area contributed by atoms with Crippen LogP contribution in [0.2, 0.25) is 0 Å². The predicted molar refractivity (Wildman–Crippen MR) is 78.3 cm³/mol. The monoisotopic (exact) mass is 263 g/mol. The second kappa shape index (κ2) is 5.34. The van der Waals surface area contributed by atoms with Crippen LogP contribution in [0.4, 0.5) is 0 Å². The third-order valence-electron chi connectivity index (χ3n) is 5.90. The maximum absolute atomic E-state index is 3.90. The zero-order chi connectivity index (χ0) is 12.7. The molecule has 4 fully saturated rings. The minimum absolute atomic E-state index is 0.814. The molecule has 0 bridgehead atoms. The SMILES string of the molecule is C1CC2CC(NCC3CCN(C4CC4)C3)CCN2C1. The minimum atomic E-state index is 0.814. The van der Waals surface area contributed by atoms with Gasteiger partial charge in [0.25, 0.3) is 0 Å². The van der Waals surface area contributed by atoms with E-state index in [1.807, 2.05) is 0 Å². The van der Waals surface area contributed by atoms with E-state index in [-0.39, 0.29) is 0 Å². The van der Waals surface area contributed by atoms with Crippen molar-refractivity contribution < 1.29 is 0 Å². The second-order valence-electron chi connectivity index (χ2n) is 7.34. The topological polar surface area (TPSA) is 18.5 Å². The zero-order valence-electron chi connectivity index (χ0n) is 12.2. The van der Waals surface area contributed by atoms with Crippen molar-refractivity contribution in [2.45, 2.75) is 63.1 Å². The largest absolute Gasteiger partial charge is 0.314 e. The van der Waals surface area contributed by atoms with Crippen molar-refractivity contribution in [3.8, 4) is 0 Å². The minimum Gasteiger partial charge on any atom is -0.314 e. The Hall–Kier alpha value is -0.120. The van der Waals surface area contributed by atoms with Crippen LogP contribution in [0, 0.1) is 5.92 Å². The molecule has 3 unspecified atom stereocenters. The van der Waals surface area contributed by atoms with E-state index in [0.717, 1.165) is 24.0 Å². The number of hydrogen-bond donors (Lipinski definition) is 1. The Morgan fingerprint density at radius 1 is 0.842 bits per heavy atom. The fourth-order valence-electron chi connectivity index (χ4n) is 4.54. The van der Waals surface area contributed by atoms with Gasteiger partial charge in [-0.25, -0.2) is 0 Å². The Labute approximate surface area is 117 Å². The summed E-state index contributed by atoms with van der Waals surface area (Å²) in [6.45, 7) is 6.75. The van der Waals surface area contributed by atoms with E-state index in [2.05, 4.69) is 15.1 Å². The Kier molecular flexibility index (Phi) is 3.55. The average molecular weight is 263 g/mol. The fraction of sp³-hybridized carbons (Fsp3) is 1.00. The molecule has 4 aliphatic rings. The summed E-state index contributed by atoms with van der Waals surface area (Å²) in [5.74, 6) is 0.933. The Balaban J connectivity index is 1.20. The Morgan fingerprint density at radius 3 is 2.63 bits per heavy atom. The molecule has 1 saturated carbocycles. The molecule has 0 amide bonds. The van der Waals surface area contributed by atoms with Crippen LogP contribution in [-0.2, 0) is 0 Å². The first-order valence-electron chi connectivity index (χ1n) is 8.60. The van der Waals surface area contributed by atoms with Gasteiger partial charge in [0.15, 0.2) is 0 Å². The molecule has 0 spiro atoms. The highest BCUT2D eigenvalue weighted by atomic mass is 15.2. The van der Waals surface area contributed by atoms with Crippen LogP contribution < -0.4 is 5.32 Å². The number of nitrogens with zero attached hydrogens (tertiary/aromatic N) is 2. The predicted octanol–water partition coefficient (Wildman–Crippen LogP) is 1.69. The van der Waals surface area contributed by atoms with Crippen molar-refractivity contribution in [1.29, 1.82) is 0 Å². The summed E-state index contributed by atoms with van der Waals surface area (Å²) in [5.41, 5.74) is 0. The van der Waals surface area contributed by atoms with Crippen LogP contribution in [-0.4, -0.2) is 60.6 Å². The molecule has 3 nitrogen and oxygen atoms in total. The molecule has 0 radical (unpaired) electrons. The molecule has 4 rings (SSSR count). The van der Waals surface area contributed by atoms with E-state index in [1.165, 1.54) is 77.7 Å². The molecule has 3 atom stereocenters. The third kappa shape index (κ3) is 2.84. The third-order valence-corrected chi connectivity index (χ3v) is 5.90. The van der Waals surface area contributed by atoms with E-state index in [4.69, 9.17) is 0 Å². The summed E-state index contributed by atoms with van der Waals surface area (Å²) in [6.07, 6.45) is 10.1. The molecule has 0 aromatic heterocycles. The van der Waals surface area contributed by atoms with E-state index in [0.29, 0.717) is 0 Å². The molecule has 3 heterocycles. The van der Waals surface area contributed by atoms with Gasteiger partial charge in [-0.2, -0.15) is 0 Å². The molecule has 3 saturated heterocycles. The summed E-state index contributed by atoms with van der Waals surface area (Å²) in [6, 6.07) is 2.71. The van der Waals surface area contributed by atoms with Gasteiger partial charge < -0.3 is 15.1 Å². The molecule has 108 valence electrons. The molecule has 3 aliphatic heterocycles. The number of rotatable bonds is 4. The van der Waals surface area contributed by atoms with Gasteiger partial charge in [-0.3, -0.25) is 0 Å². The smallest absolute Gasteiger partial charge is 0.0111 e. The lowest BCUT2D eigenvalue weighted by Crippen LogP contribution is -2.46. The number of nitrogens with one attached hydrogen (secondary N) is 1. The molecule has 19 heavy (non-hydrogen) atoms. The van der Waals surface area contributed by atoms with Crippen LogP contribution in [0.25, 0.3) is 0 Å². The highest BCUT2D eigenvalue weighted by Gasteiger charge is 2.35. The summed E-state index contributed by atoms with van der Waals surface area (Å²) in [5, 5.41) is 3.90. The van der Waals surface area contributed by atoms with Gasteiger partial charge in [0, 0.05) is 24.7 Å². The highest BCUT2D eigenvalue weighted by molar-refractivity contribution is 4.92. The molecule has 0 aromatic carbocycles. The average Bonchev–Trinajstić information content (AvgIpc) is 3.01. The second-order valence-corrected chi connectivity index (χ2v) is 7.34. The van der Waals surface area contributed by atoms with Crippen molar-refractivity contribution >= 4 is 0 Å². The summed E-state index contributed by atoms with van der Waals surface area (Å²) >= 11 is 0. The zero-order valence-corrected chi connectivity index (χ0v) is 12.2. The summed E-state index contributed by atoms with van der Waals surface area (Å²) < 4.78 is 0. The van der Waals surface area contributed by atoms with Crippen molar-refractivity contribution in [2.75, 3.05) is 32.7 Å². The quantitative estimate of drug-likeness (QED) is 0.833. The molecular weight excluding hydrogens is 234 g/mol. The summed E-state index contributed by atoms with van der Waals surface area (Å²) in [7, 11) is 0. The van der Waals surface area contributed by atoms with E-state index >= 15 is 0 Å². The maximum atomic E-state index is 3.90. The molecule has 0 aromatic rings. The summed E-state index contributed by atoms with van der Waals surface area (Å²) in [4.78, 5) is 5.47. The Bertz CT molecular complexity index is 315. The van der Waals surface area contributed by atoms with Crippen LogP contribution in [0.3, 0.4) is 0 Å². The highest BCUT2D eigenvalue weighted by Crippen LogP contribution is 2.32. The van der Waals surface area contributed by atoms with Gasteiger partial charge >= 0.3 is 0 Å². The van der Waals surface area contributed by atoms with Crippen LogP contribution in [0.1, 0.15) is 44.9 Å². The first-order chi connectivity index (χ1) is 9.38. The molecule has 1 N–H and O–H groups in total. The van der Waals surface area contributed by atoms with Crippen molar-refractivity contribution in [2.24, 2.45) is 5.92 Å². The lowest BCUT2D eigenvalue weighted by molar-refractivity contribution is 0.164. The standard InChI is InChI=1S/C16H29N3/c1-2-16-10-14(6-9-18(16)7-1)17-11-13-5-8-19(12-13)15-3-4-15/h13-17H,1-12H2. The van der Waals surface area contributed by atoms with Gasteiger partial charge in [-0.15, -0.1) is 0 Å². The molecule has 3 heteroatoms. The van der Waals surface area contributed by atoms with Gasteiger partial charge in [0.1, 0.15) is 0 Å². The van der Waals surface area contributed by atoms with Crippen molar-refractivity contribution in [1.82, 2.24) is 15.1 Å². The van der Waals surface area contributed by atoms with Crippen LogP contribution in [0.15, 0.2) is 0 Å². The number of piperidine rings is 1. The van der Waals surface area contributed by atoms with Crippen molar-refractivity contribution in [3.05, 3.63) is 0 Å². The number of fused-ring (bicyclic) bond motifs is 1. The molecule has 1 aliphatic carbocycles. The van der Waals surface area contributed by atoms with Crippen LogP contribution in [0.5, 0.6) is 0 Å². The van der Waals surface area contributed by atoms with Gasteiger partial charge in [-0.1, -0.05) is 0 Å². The maximum Gasteiger partial charge on any atom is 0.0111 e. The van der Waals surface area contributed by atoms with Gasteiger partial charge in [-0.05, 0) is 77.0 Å². The van der Waals surface area contributed by atoms with E-state index in [9.17, 15) is 0 Å². The Morgan fingerprint density at radius 2 is 1.74 bits per heavy atom. The fourth-order valence-corrected chi connectivity index (χ4v) is 4.54. The first kappa shape index (κ1) is 12.6. The lowest BCUT2D eigenvalue weighted by Gasteiger charge is -2.35. The van der Waals surface area contributed by atoms with E-state index < -0.39 is 0 Å². The first-order valence-corrected chi connectivity index (χ1v) is 8.60. The van der Waals surface area contributed by atoms with Crippen molar-refractivity contribution in [3.63, 3.8) is 0 Å². The molecular formula is C16H29N3. The van der Waals surface area contributed by atoms with Crippen LogP contribution >= 0.6 is 0 Å². The number of hydrogen-bond acceptors (Lipinski definition) is 3. The van der Waals surface area contributed by atoms with E-state index in [1.54, 1.807) is 0 Å². The normalized spacial score (nSPS) is 40.7. The number of likely N-dealkylation sites (tertiary alicyclic amines) is 1. The van der Waals surface area contributed by atoms with Gasteiger partial charge in [0.2, 0.25) is 0 Å². The van der Waals surface area contributed by atoms with Gasteiger partial charge in [0.05, 0.1) is 0 Å².